The summed E-state index contributed by atoms with van der Waals surface area (Å²) in [6.45, 7) is 0. The maximum atomic E-state index is 5.56. The summed E-state index contributed by atoms with van der Waals surface area (Å²) in [4.78, 5) is 2.83. The molecule has 0 fully saturated rings. The number of hydrogen-bond donors (Lipinski definition) is 1. The highest BCUT2D eigenvalue weighted by Crippen LogP contribution is 2.13. The summed E-state index contributed by atoms with van der Waals surface area (Å²) in [5, 5.41) is 0.723. The quantitative estimate of drug-likeness (QED) is 0.655. The minimum atomic E-state index is 0.723. The number of halogens is 2. The van der Waals surface area contributed by atoms with Gasteiger partial charge in [0.25, 0.3) is 0 Å². The predicted octanol–water partition coefficient (Wildman–Crippen LogP) is 2.27. The fourth-order valence-electron chi connectivity index (χ4n) is 0.330. The van der Waals surface area contributed by atoms with E-state index in [1.165, 1.54) is 0 Å². The summed E-state index contributed by atoms with van der Waals surface area (Å²) in [5.41, 5.74) is 0. The van der Waals surface area contributed by atoms with E-state index in [1.807, 2.05) is 12.3 Å². The highest BCUT2D eigenvalue weighted by Gasteiger charge is 1.90. The van der Waals surface area contributed by atoms with Crippen LogP contribution in [-0.2, 0) is 0 Å². The molecule has 3 heteroatoms. The van der Waals surface area contributed by atoms with Gasteiger partial charge in [0, 0.05) is 9.77 Å². The molecule has 0 aromatic carbocycles. The first-order valence-corrected chi connectivity index (χ1v) is 3.25. The minimum Gasteiger partial charge on any atom is -0.352 e. The number of hydrogen-bond acceptors (Lipinski definition) is 0. The van der Waals surface area contributed by atoms with E-state index in [0.29, 0.717) is 0 Å². The third-order valence-electron chi connectivity index (χ3n) is 0.649. The molecule has 1 N–H and O–H groups in total. The van der Waals surface area contributed by atoms with E-state index in [9.17, 15) is 0 Å². The Labute approximate surface area is 60.2 Å². The molecule has 0 saturated carbocycles. The molecule has 0 radical (unpaired) electrons. The monoisotopic (exact) mass is 227 g/mol. The van der Waals surface area contributed by atoms with Gasteiger partial charge < -0.3 is 4.98 Å². The van der Waals surface area contributed by atoms with Gasteiger partial charge in [-0.2, -0.15) is 0 Å². The van der Waals surface area contributed by atoms with Crippen molar-refractivity contribution < 1.29 is 0 Å². The SMILES string of the molecule is Clc1[nH]ccc1I. The summed E-state index contributed by atoms with van der Waals surface area (Å²) < 4.78 is 1.07. The van der Waals surface area contributed by atoms with Crippen LogP contribution in [0.15, 0.2) is 12.3 Å². The van der Waals surface area contributed by atoms with Gasteiger partial charge in [0.1, 0.15) is 5.15 Å². The van der Waals surface area contributed by atoms with E-state index in [4.69, 9.17) is 11.6 Å². The normalized spacial score (nSPS) is 9.43. The van der Waals surface area contributed by atoms with Gasteiger partial charge in [0.05, 0.1) is 0 Å². The van der Waals surface area contributed by atoms with Crippen LogP contribution >= 0.6 is 34.2 Å². The number of aromatic nitrogens is 1. The van der Waals surface area contributed by atoms with E-state index >= 15 is 0 Å². The second-order valence-electron chi connectivity index (χ2n) is 1.14. The Hall–Kier alpha value is 0.300. The van der Waals surface area contributed by atoms with Crippen molar-refractivity contribution in [2.75, 3.05) is 0 Å². The van der Waals surface area contributed by atoms with Gasteiger partial charge in [-0.15, -0.1) is 0 Å². The molecule has 1 nitrogen and oxygen atoms in total. The van der Waals surface area contributed by atoms with Crippen LogP contribution in [0.1, 0.15) is 0 Å². The van der Waals surface area contributed by atoms with Crippen molar-refractivity contribution in [1.82, 2.24) is 4.98 Å². The topological polar surface area (TPSA) is 15.8 Å². The minimum absolute atomic E-state index is 0.723. The predicted molar refractivity (Wildman–Crippen MR) is 38.5 cm³/mol. The zero-order valence-corrected chi connectivity index (χ0v) is 6.32. The van der Waals surface area contributed by atoms with Crippen molar-refractivity contribution >= 4 is 34.2 Å². The average molecular weight is 227 g/mol. The molecule has 0 saturated heterocycles. The summed E-state index contributed by atoms with van der Waals surface area (Å²) >= 11 is 7.72. The van der Waals surface area contributed by atoms with Crippen molar-refractivity contribution in [3.8, 4) is 0 Å². The Morgan fingerprint density at radius 3 is 2.57 bits per heavy atom. The molecule has 0 atom stereocenters. The van der Waals surface area contributed by atoms with Crippen molar-refractivity contribution in [2.45, 2.75) is 0 Å². The van der Waals surface area contributed by atoms with Gasteiger partial charge >= 0.3 is 0 Å². The van der Waals surface area contributed by atoms with E-state index in [-0.39, 0.29) is 0 Å². The summed E-state index contributed by atoms with van der Waals surface area (Å²) in [5.74, 6) is 0. The zero-order valence-electron chi connectivity index (χ0n) is 3.41. The Bertz CT molecular complexity index is 144. The first-order valence-electron chi connectivity index (χ1n) is 1.79. The van der Waals surface area contributed by atoms with Gasteiger partial charge in [-0.25, -0.2) is 0 Å². The lowest BCUT2D eigenvalue weighted by Gasteiger charge is -1.76. The molecule has 1 rings (SSSR count). The molecular weight excluding hydrogens is 224 g/mol. The third-order valence-corrected chi connectivity index (χ3v) is 2.18. The van der Waals surface area contributed by atoms with Gasteiger partial charge in [0.2, 0.25) is 0 Å². The highest BCUT2D eigenvalue weighted by atomic mass is 127. The van der Waals surface area contributed by atoms with E-state index < -0.39 is 0 Å². The van der Waals surface area contributed by atoms with Crippen LogP contribution in [0.5, 0.6) is 0 Å². The molecule has 0 amide bonds. The van der Waals surface area contributed by atoms with Gasteiger partial charge in [0.15, 0.2) is 0 Å². The van der Waals surface area contributed by atoms with Crippen LogP contribution in [0.25, 0.3) is 0 Å². The molecule has 0 aliphatic carbocycles. The summed E-state index contributed by atoms with van der Waals surface area (Å²) in [7, 11) is 0. The number of aromatic amines is 1. The van der Waals surface area contributed by atoms with Crippen LogP contribution < -0.4 is 0 Å². The standard InChI is InChI=1S/C4H3ClIN/c5-4-3(6)1-2-7-4/h1-2,7H. The molecule has 0 spiro atoms. The summed E-state index contributed by atoms with van der Waals surface area (Å²) in [6, 6.07) is 1.92. The van der Waals surface area contributed by atoms with Crippen molar-refractivity contribution in [3.05, 3.63) is 21.0 Å². The third kappa shape index (κ3) is 1.10. The highest BCUT2D eigenvalue weighted by molar-refractivity contribution is 14.1. The molecule has 1 aromatic heterocycles. The molecular formula is C4H3ClIN. The van der Waals surface area contributed by atoms with E-state index in [0.717, 1.165) is 8.72 Å². The number of H-pyrrole nitrogens is 1. The Kier molecular flexibility index (Phi) is 1.59. The fraction of sp³-hybridized carbons (Fsp3) is 0. The van der Waals surface area contributed by atoms with Crippen LogP contribution in [-0.4, -0.2) is 4.98 Å². The maximum absolute atomic E-state index is 5.56. The fourth-order valence-corrected chi connectivity index (χ4v) is 0.792. The van der Waals surface area contributed by atoms with Crippen LogP contribution in [0.4, 0.5) is 0 Å². The smallest absolute Gasteiger partial charge is 0.119 e. The lowest BCUT2D eigenvalue weighted by molar-refractivity contribution is 1.41. The van der Waals surface area contributed by atoms with Crippen LogP contribution in [0.3, 0.4) is 0 Å². The maximum Gasteiger partial charge on any atom is 0.119 e. The van der Waals surface area contributed by atoms with Crippen molar-refractivity contribution in [2.24, 2.45) is 0 Å². The largest absolute Gasteiger partial charge is 0.352 e. The number of rotatable bonds is 0. The van der Waals surface area contributed by atoms with Gasteiger partial charge in [-0.1, -0.05) is 11.6 Å². The molecule has 1 aromatic rings. The molecule has 1 heterocycles. The number of nitrogens with one attached hydrogen (secondary N) is 1. The average Bonchev–Trinajstić information content (AvgIpc) is 1.91. The Morgan fingerprint density at radius 1 is 1.71 bits per heavy atom. The van der Waals surface area contributed by atoms with E-state index in [1.54, 1.807) is 0 Å². The Balaban J connectivity index is 3.12. The lowest BCUT2D eigenvalue weighted by atomic mass is 10.7. The molecule has 0 aliphatic heterocycles. The van der Waals surface area contributed by atoms with Crippen LogP contribution in [0.2, 0.25) is 5.15 Å². The van der Waals surface area contributed by atoms with Gasteiger partial charge in [-0.3, -0.25) is 0 Å². The second-order valence-corrected chi connectivity index (χ2v) is 2.68. The molecule has 0 bridgehead atoms. The van der Waals surface area contributed by atoms with E-state index in [2.05, 4.69) is 27.6 Å². The van der Waals surface area contributed by atoms with Gasteiger partial charge in [-0.05, 0) is 28.7 Å². The van der Waals surface area contributed by atoms with Crippen molar-refractivity contribution in [3.63, 3.8) is 0 Å². The molecule has 38 valence electrons. The zero-order chi connectivity index (χ0) is 5.28. The molecule has 0 aliphatic rings. The second kappa shape index (κ2) is 2.05. The van der Waals surface area contributed by atoms with Crippen molar-refractivity contribution in [1.29, 1.82) is 0 Å². The molecule has 7 heavy (non-hydrogen) atoms. The molecule has 0 unspecified atom stereocenters. The summed E-state index contributed by atoms with van der Waals surface area (Å²) in [6.07, 6.45) is 1.81. The first kappa shape index (κ1) is 5.44. The van der Waals surface area contributed by atoms with Crippen LogP contribution in [0, 0.1) is 3.57 Å². The Morgan fingerprint density at radius 2 is 2.43 bits per heavy atom. The first-order chi connectivity index (χ1) is 3.30. The lowest BCUT2D eigenvalue weighted by Crippen LogP contribution is -1.59.